The molecule has 0 aliphatic heterocycles. The summed E-state index contributed by atoms with van der Waals surface area (Å²) >= 11 is 0. The molecule has 0 saturated heterocycles. The van der Waals surface area contributed by atoms with E-state index in [1.807, 2.05) is 0 Å². The molecule has 7 nitrogen and oxygen atoms in total. The van der Waals surface area contributed by atoms with Gasteiger partial charge in [0.2, 0.25) is 5.75 Å². The summed E-state index contributed by atoms with van der Waals surface area (Å²) < 4.78 is 43.7. The molecule has 0 heterocycles. The van der Waals surface area contributed by atoms with Gasteiger partial charge in [0.25, 0.3) is 0 Å². The lowest BCUT2D eigenvalue weighted by molar-refractivity contribution is -0.386. The fourth-order valence-corrected chi connectivity index (χ4v) is 1.19. The van der Waals surface area contributed by atoms with Crippen LogP contribution in [0, 0.1) is 10.1 Å². The number of ether oxygens (including phenoxy) is 2. The van der Waals surface area contributed by atoms with Gasteiger partial charge in [-0.25, -0.2) is 4.79 Å². The summed E-state index contributed by atoms with van der Waals surface area (Å²) in [5.74, 6) is -3.36. The highest BCUT2D eigenvalue weighted by Crippen LogP contribution is 2.36. The van der Waals surface area contributed by atoms with Crippen LogP contribution in [0.25, 0.3) is 0 Å². The van der Waals surface area contributed by atoms with E-state index in [-0.39, 0.29) is 0 Å². The van der Waals surface area contributed by atoms with Crippen molar-refractivity contribution in [3.8, 4) is 11.5 Å². The topological polar surface area (TPSA) is 98.9 Å². The van der Waals surface area contributed by atoms with Crippen LogP contribution in [-0.2, 0) is 4.74 Å². The second-order valence-electron chi connectivity index (χ2n) is 3.14. The van der Waals surface area contributed by atoms with E-state index in [1.54, 1.807) is 0 Å². The van der Waals surface area contributed by atoms with Gasteiger partial charge < -0.3 is 14.6 Å². The van der Waals surface area contributed by atoms with Crippen molar-refractivity contribution in [3.63, 3.8) is 0 Å². The Bertz CT molecular complexity index is 527. The van der Waals surface area contributed by atoms with E-state index in [1.165, 1.54) is 0 Å². The Morgan fingerprint density at radius 1 is 1.42 bits per heavy atom. The van der Waals surface area contributed by atoms with Gasteiger partial charge in [-0.1, -0.05) is 0 Å². The Morgan fingerprint density at radius 2 is 2.00 bits per heavy atom. The zero-order chi connectivity index (χ0) is 14.8. The summed E-state index contributed by atoms with van der Waals surface area (Å²) in [7, 11) is 0.894. The fourth-order valence-electron chi connectivity index (χ4n) is 1.19. The highest BCUT2D eigenvalue weighted by atomic mass is 19.4. The van der Waals surface area contributed by atoms with Gasteiger partial charge in [-0.2, -0.15) is 0 Å². The summed E-state index contributed by atoms with van der Waals surface area (Å²) in [6.07, 6.45) is -5.10. The first-order chi connectivity index (χ1) is 8.65. The third-order valence-electron chi connectivity index (χ3n) is 1.90. The maximum Gasteiger partial charge on any atom is 0.573 e. The molecular formula is C9H6F3NO6. The summed E-state index contributed by atoms with van der Waals surface area (Å²) in [5, 5.41) is 20.0. The van der Waals surface area contributed by atoms with E-state index < -0.39 is 40.0 Å². The van der Waals surface area contributed by atoms with E-state index in [4.69, 9.17) is 0 Å². The first-order valence-corrected chi connectivity index (χ1v) is 4.51. The van der Waals surface area contributed by atoms with Crippen LogP contribution in [-0.4, -0.2) is 29.5 Å². The fraction of sp³-hybridized carbons (Fsp3) is 0.222. The minimum absolute atomic E-state index is 0.343. The monoisotopic (exact) mass is 281 g/mol. The number of methoxy groups -OCH3 is 1. The van der Waals surface area contributed by atoms with Crippen molar-refractivity contribution >= 4 is 11.7 Å². The molecule has 1 aromatic carbocycles. The molecule has 0 radical (unpaired) electrons. The molecule has 0 aliphatic carbocycles. The van der Waals surface area contributed by atoms with Crippen molar-refractivity contribution < 1.29 is 37.5 Å². The van der Waals surface area contributed by atoms with Crippen LogP contribution in [0.4, 0.5) is 18.9 Å². The van der Waals surface area contributed by atoms with Gasteiger partial charge in [-0.15, -0.1) is 13.2 Å². The van der Waals surface area contributed by atoms with Crippen LogP contribution >= 0.6 is 0 Å². The number of benzene rings is 1. The summed E-state index contributed by atoms with van der Waals surface area (Å²) in [6.45, 7) is 0. The molecule has 10 heteroatoms. The van der Waals surface area contributed by atoms with Crippen LogP contribution in [0.15, 0.2) is 12.1 Å². The lowest BCUT2D eigenvalue weighted by atomic mass is 10.1. The summed E-state index contributed by atoms with van der Waals surface area (Å²) in [4.78, 5) is 20.6. The molecule has 0 spiro atoms. The zero-order valence-electron chi connectivity index (χ0n) is 9.22. The Balaban J connectivity index is 3.39. The van der Waals surface area contributed by atoms with Gasteiger partial charge in [0.15, 0.2) is 0 Å². The Morgan fingerprint density at radius 3 is 2.42 bits per heavy atom. The number of hydrogen-bond donors (Lipinski definition) is 1. The number of alkyl halides is 3. The standard InChI is InChI=1S/C9H6F3NO6/c1-18-8(15)5-2-4(19-9(10,11)12)3-6(7(5)14)13(16)17/h2-3,14H,1H3. The number of halogens is 3. The first-order valence-electron chi connectivity index (χ1n) is 4.51. The quantitative estimate of drug-likeness (QED) is 0.516. The zero-order valence-corrected chi connectivity index (χ0v) is 9.22. The second kappa shape index (κ2) is 5.00. The molecule has 1 aromatic rings. The van der Waals surface area contributed by atoms with Crippen LogP contribution in [0.1, 0.15) is 10.4 Å². The van der Waals surface area contributed by atoms with Crippen molar-refractivity contribution in [2.24, 2.45) is 0 Å². The average Bonchev–Trinajstić information content (AvgIpc) is 2.27. The second-order valence-corrected chi connectivity index (χ2v) is 3.14. The molecule has 1 N–H and O–H groups in total. The number of carbonyl (C=O) groups excluding carboxylic acids is 1. The number of nitro benzene ring substituents is 1. The molecule has 0 atom stereocenters. The molecular weight excluding hydrogens is 275 g/mol. The third kappa shape index (κ3) is 3.47. The van der Waals surface area contributed by atoms with E-state index in [0.717, 1.165) is 7.11 Å². The van der Waals surface area contributed by atoms with Gasteiger partial charge >= 0.3 is 18.0 Å². The molecule has 0 fully saturated rings. The molecule has 0 bridgehead atoms. The molecule has 0 unspecified atom stereocenters. The third-order valence-corrected chi connectivity index (χ3v) is 1.90. The Labute approximate surface area is 103 Å². The minimum Gasteiger partial charge on any atom is -0.501 e. The van der Waals surface area contributed by atoms with Crippen LogP contribution in [0.3, 0.4) is 0 Å². The lowest BCUT2D eigenvalue weighted by Crippen LogP contribution is -2.17. The number of hydrogen-bond acceptors (Lipinski definition) is 6. The maximum atomic E-state index is 12.0. The average molecular weight is 281 g/mol. The van der Waals surface area contributed by atoms with Crippen LogP contribution in [0.5, 0.6) is 11.5 Å². The van der Waals surface area contributed by atoms with Crippen molar-refractivity contribution in [1.29, 1.82) is 0 Å². The van der Waals surface area contributed by atoms with Gasteiger partial charge in [0.05, 0.1) is 18.1 Å². The highest BCUT2D eigenvalue weighted by Gasteiger charge is 2.33. The predicted octanol–water partition coefficient (Wildman–Crippen LogP) is 1.99. The normalized spacial score (nSPS) is 10.9. The van der Waals surface area contributed by atoms with Gasteiger partial charge in [-0.05, 0) is 6.07 Å². The van der Waals surface area contributed by atoms with E-state index >= 15 is 0 Å². The molecule has 0 saturated carbocycles. The minimum atomic E-state index is -5.10. The first kappa shape index (κ1) is 14.5. The molecule has 0 aliphatic rings. The SMILES string of the molecule is COC(=O)c1cc(OC(F)(F)F)cc([N+](=O)[O-])c1O. The summed E-state index contributed by atoms with van der Waals surface area (Å²) in [5.41, 5.74) is -1.92. The number of phenolic OH excluding ortho intramolecular Hbond substituents is 1. The highest BCUT2D eigenvalue weighted by molar-refractivity contribution is 5.94. The number of phenols is 1. The van der Waals surface area contributed by atoms with Gasteiger partial charge in [0.1, 0.15) is 11.3 Å². The van der Waals surface area contributed by atoms with E-state index in [9.17, 15) is 33.2 Å². The number of nitrogens with zero attached hydrogens (tertiary/aromatic N) is 1. The van der Waals surface area contributed by atoms with Crippen molar-refractivity contribution in [1.82, 2.24) is 0 Å². The molecule has 0 aromatic heterocycles. The molecule has 0 amide bonds. The molecule has 1 rings (SSSR count). The van der Waals surface area contributed by atoms with E-state index in [0.29, 0.717) is 12.1 Å². The van der Waals surface area contributed by atoms with Gasteiger partial charge in [0, 0.05) is 0 Å². The van der Waals surface area contributed by atoms with Crippen molar-refractivity contribution in [3.05, 3.63) is 27.8 Å². The Hall–Kier alpha value is -2.52. The van der Waals surface area contributed by atoms with Crippen molar-refractivity contribution in [2.45, 2.75) is 6.36 Å². The Kier molecular flexibility index (Phi) is 3.83. The molecule has 104 valence electrons. The largest absolute Gasteiger partial charge is 0.573 e. The van der Waals surface area contributed by atoms with Gasteiger partial charge in [-0.3, -0.25) is 10.1 Å². The smallest absolute Gasteiger partial charge is 0.501 e. The lowest BCUT2D eigenvalue weighted by Gasteiger charge is -2.10. The summed E-state index contributed by atoms with van der Waals surface area (Å²) in [6, 6.07) is 0.830. The number of esters is 1. The number of carbonyl (C=O) groups is 1. The van der Waals surface area contributed by atoms with E-state index in [2.05, 4.69) is 9.47 Å². The molecule has 19 heavy (non-hydrogen) atoms. The predicted molar refractivity (Wildman–Crippen MR) is 52.8 cm³/mol. The number of rotatable bonds is 3. The van der Waals surface area contributed by atoms with Crippen LogP contribution in [0.2, 0.25) is 0 Å². The van der Waals surface area contributed by atoms with Crippen molar-refractivity contribution in [2.75, 3.05) is 7.11 Å². The maximum absolute atomic E-state index is 12.0. The number of nitro groups is 1. The number of aromatic hydroxyl groups is 1. The van der Waals surface area contributed by atoms with Crippen LogP contribution < -0.4 is 4.74 Å².